The van der Waals surface area contributed by atoms with Gasteiger partial charge in [-0.25, -0.2) is 0 Å². The van der Waals surface area contributed by atoms with Gasteiger partial charge in [-0.1, -0.05) is 33.6 Å². The van der Waals surface area contributed by atoms with Gasteiger partial charge in [-0.3, -0.25) is 0 Å². The van der Waals surface area contributed by atoms with Crippen molar-refractivity contribution in [1.29, 1.82) is 0 Å². The average molecular weight is 481 g/mol. The van der Waals surface area contributed by atoms with E-state index in [2.05, 4.69) is 56.0 Å². The standard InChI is InChI=1S/C16H16BrClINO/c1-3-21-15-7-5-11(17)9-12(15)16(20-2)10-4-6-14(19)13(18)8-10/h4-9,16,20H,3H2,1-2H3. The second kappa shape index (κ2) is 7.81. The lowest BCUT2D eigenvalue weighted by atomic mass is 9.98. The van der Waals surface area contributed by atoms with Gasteiger partial charge in [0.15, 0.2) is 0 Å². The van der Waals surface area contributed by atoms with Gasteiger partial charge in [0.1, 0.15) is 5.75 Å². The molecule has 0 aromatic heterocycles. The summed E-state index contributed by atoms with van der Waals surface area (Å²) in [6, 6.07) is 12.2. The predicted molar refractivity (Wildman–Crippen MR) is 100 cm³/mol. The molecule has 0 fully saturated rings. The maximum Gasteiger partial charge on any atom is 0.124 e. The molecule has 21 heavy (non-hydrogen) atoms. The third-order valence-corrected chi connectivity index (χ3v) is 5.21. The summed E-state index contributed by atoms with van der Waals surface area (Å²) in [5, 5.41) is 4.11. The molecule has 0 aliphatic rings. The SMILES string of the molecule is CCOc1ccc(Br)cc1C(NC)c1ccc(I)c(Cl)c1. The Labute approximate surface area is 152 Å². The van der Waals surface area contributed by atoms with Crippen LogP contribution < -0.4 is 10.1 Å². The minimum atomic E-state index is 0.0264. The fourth-order valence-corrected chi connectivity index (χ4v) is 3.13. The summed E-state index contributed by atoms with van der Waals surface area (Å²) in [5.41, 5.74) is 2.20. The fraction of sp³-hybridized carbons (Fsp3) is 0.250. The third kappa shape index (κ3) is 4.12. The van der Waals surface area contributed by atoms with Gasteiger partial charge in [-0.15, -0.1) is 0 Å². The zero-order valence-electron chi connectivity index (χ0n) is 11.8. The highest BCUT2D eigenvalue weighted by atomic mass is 127. The summed E-state index contributed by atoms with van der Waals surface area (Å²) >= 11 is 12.0. The first-order valence-corrected chi connectivity index (χ1v) is 8.86. The van der Waals surface area contributed by atoms with E-state index in [0.717, 1.165) is 29.9 Å². The van der Waals surface area contributed by atoms with Crippen LogP contribution in [0.4, 0.5) is 0 Å². The summed E-state index contributed by atoms with van der Waals surface area (Å²) in [4.78, 5) is 0. The summed E-state index contributed by atoms with van der Waals surface area (Å²) in [5.74, 6) is 0.884. The Morgan fingerprint density at radius 3 is 2.67 bits per heavy atom. The molecule has 0 aliphatic carbocycles. The summed E-state index contributed by atoms with van der Waals surface area (Å²) < 4.78 is 7.83. The Balaban J connectivity index is 2.49. The van der Waals surface area contributed by atoms with E-state index >= 15 is 0 Å². The third-order valence-electron chi connectivity index (χ3n) is 3.15. The van der Waals surface area contributed by atoms with Crippen LogP contribution in [-0.2, 0) is 0 Å². The molecule has 2 aromatic rings. The molecular weight excluding hydrogens is 464 g/mol. The van der Waals surface area contributed by atoms with Gasteiger partial charge >= 0.3 is 0 Å². The molecule has 1 atom stereocenters. The number of hydrogen-bond acceptors (Lipinski definition) is 2. The van der Waals surface area contributed by atoms with Crippen molar-refractivity contribution in [3.8, 4) is 5.75 Å². The minimum absolute atomic E-state index is 0.0264. The first kappa shape index (κ1) is 17.1. The maximum absolute atomic E-state index is 6.26. The van der Waals surface area contributed by atoms with Crippen LogP contribution in [0.2, 0.25) is 5.02 Å². The number of nitrogens with one attached hydrogen (secondary N) is 1. The molecule has 0 heterocycles. The largest absolute Gasteiger partial charge is 0.494 e. The minimum Gasteiger partial charge on any atom is -0.494 e. The Bertz CT molecular complexity index is 636. The van der Waals surface area contributed by atoms with Gasteiger partial charge in [0.2, 0.25) is 0 Å². The van der Waals surface area contributed by atoms with Gasteiger partial charge < -0.3 is 10.1 Å². The molecule has 0 saturated heterocycles. The molecule has 5 heteroatoms. The highest BCUT2D eigenvalue weighted by molar-refractivity contribution is 14.1. The van der Waals surface area contributed by atoms with Gasteiger partial charge in [0.05, 0.1) is 17.7 Å². The van der Waals surface area contributed by atoms with Crippen LogP contribution in [0, 0.1) is 3.57 Å². The number of hydrogen-bond donors (Lipinski definition) is 1. The van der Waals surface area contributed by atoms with E-state index in [-0.39, 0.29) is 6.04 Å². The van der Waals surface area contributed by atoms with Crippen LogP contribution in [0.3, 0.4) is 0 Å². The lowest BCUT2D eigenvalue weighted by molar-refractivity contribution is 0.334. The molecule has 2 rings (SSSR count). The van der Waals surface area contributed by atoms with Gasteiger partial charge in [-0.05, 0) is 72.5 Å². The quantitative estimate of drug-likeness (QED) is 0.578. The maximum atomic E-state index is 6.26. The van der Waals surface area contributed by atoms with E-state index in [1.165, 1.54) is 0 Å². The number of rotatable bonds is 5. The highest BCUT2D eigenvalue weighted by Gasteiger charge is 2.18. The van der Waals surface area contributed by atoms with Gasteiger partial charge in [-0.2, -0.15) is 0 Å². The van der Waals surface area contributed by atoms with Crippen LogP contribution in [0.1, 0.15) is 24.1 Å². The van der Waals surface area contributed by atoms with Crippen molar-refractivity contribution in [1.82, 2.24) is 5.32 Å². The molecule has 0 amide bonds. The van der Waals surface area contributed by atoms with E-state index in [1.54, 1.807) is 0 Å². The Hall–Kier alpha value is -0.300. The van der Waals surface area contributed by atoms with Gasteiger partial charge in [0, 0.05) is 13.6 Å². The second-order valence-electron chi connectivity index (χ2n) is 4.51. The molecule has 0 spiro atoms. The molecule has 1 unspecified atom stereocenters. The molecule has 0 aliphatic heterocycles. The van der Waals surface area contributed by atoms with Gasteiger partial charge in [0.25, 0.3) is 0 Å². The Morgan fingerprint density at radius 1 is 1.29 bits per heavy atom. The van der Waals surface area contributed by atoms with E-state index in [1.807, 2.05) is 38.2 Å². The summed E-state index contributed by atoms with van der Waals surface area (Å²) in [6.45, 7) is 2.63. The molecule has 0 bridgehead atoms. The van der Waals surface area contributed by atoms with Crippen LogP contribution in [-0.4, -0.2) is 13.7 Å². The smallest absolute Gasteiger partial charge is 0.124 e. The molecule has 2 aromatic carbocycles. The van der Waals surface area contributed by atoms with Crippen molar-refractivity contribution < 1.29 is 4.74 Å². The zero-order chi connectivity index (χ0) is 15.4. The number of ether oxygens (including phenoxy) is 1. The Morgan fingerprint density at radius 2 is 2.05 bits per heavy atom. The van der Waals surface area contributed by atoms with E-state index < -0.39 is 0 Å². The molecule has 112 valence electrons. The first-order chi connectivity index (χ1) is 10.1. The summed E-state index contributed by atoms with van der Waals surface area (Å²) in [6.07, 6.45) is 0. The van der Waals surface area contributed by atoms with Crippen LogP contribution in [0.15, 0.2) is 40.9 Å². The second-order valence-corrected chi connectivity index (χ2v) is 7.00. The molecule has 1 N–H and O–H groups in total. The molecule has 0 saturated carbocycles. The molecule has 2 nitrogen and oxygen atoms in total. The van der Waals surface area contributed by atoms with E-state index in [4.69, 9.17) is 16.3 Å². The normalized spacial score (nSPS) is 12.2. The number of halogens is 3. The van der Waals surface area contributed by atoms with Crippen molar-refractivity contribution >= 4 is 50.1 Å². The molecule has 0 radical (unpaired) electrons. The fourth-order valence-electron chi connectivity index (χ4n) is 2.23. The average Bonchev–Trinajstić information content (AvgIpc) is 2.46. The van der Waals surface area contributed by atoms with E-state index in [0.29, 0.717) is 6.61 Å². The van der Waals surface area contributed by atoms with Crippen molar-refractivity contribution in [3.05, 3.63) is 60.6 Å². The topological polar surface area (TPSA) is 21.3 Å². The highest BCUT2D eigenvalue weighted by Crippen LogP contribution is 2.34. The number of benzene rings is 2. The van der Waals surface area contributed by atoms with Crippen molar-refractivity contribution in [3.63, 3.8) is 0 Å². The zero-order valence-corrected chi connectivity index (χ0v) is 16.3. The summed E-state index contributed by atoms with van der Waals surface area (Å²) in [7, 11) is 1.94. The van der Waals surface area contributed by atoms with Crippen molar-refractivity contribution in [2.45, 2.75) is 13.0 Å². The van der Waals surface area contributed by atoms with Crippen LogP contribution in [0.5, 0.6) is 5.75 Å². The van der Waals surface area contributed by atoms with Crippen LogP contribution in [0.25, 0.3) is 0 Å². The van der Waals surface area contributed by atoms with Crippen molar-refractivity contribution in [2.24, 2.45) is 0 Å². The first-order valence-electron chi connectivity index (χ1n) is 6.61. The van der Waals surface area contributed by atoms with Crippen LogP contribution >= 0.6 is 50.1 Å². The lowest BCUT2D eigenvalue weighted by Crippen LogP contribution is -2.19. The lowest BCUT2D eigenvalue weighted by Gasteiger charge is -2.21. The predicted octanol–water partition coefficient (Wildman–Crippen LogP) is 5.41. The monoisotopic (exact) mass is 479 g/mol. The Kier molecular flexibility index (Phi) is 6.34. The molecular formula is C16H16BrClINO. The van der Waals surface area contributed by atoms with E-state index in [9.17, 15) is 0 Å². The van der Waals surface area contributed by atoms with Crippen molar-refractivity contribution in [2.75, 3.05) is 13.7 Å².